The Morgan fingerprint density at radius 1 is 1.06 bits per heavy atom. The van der Waals surface area contributed by atoms with E-state index in [0.29, 0.717) is 16.7 Å². The Labute approximate surface area is 199 Å². The van der Waals surface area contributed by atoms with Crippen LogP contribution in [0.4, 0.5) is 5.69 Å². The molecule has 2 aromatic carbocycles. The molecule has 0 radical (unpaired) electrons. The molecule has 3 aromatic rings. The van der Waals surface area contributed by atoms with E-state index in [1.165, 1.54) is 5.56 Å². The number of aryl methyl sites for hydroxylation is 4. The molecule has 1 aliphatic rings. The van der Waals surface area contributed by atoms with Gasteiger partial charge in [-0.1, -0.05) is 54.9 Å². The molecule has 1 atom stereocenters. The average Bonchev–Trinajstić information content (AvgIpc) is 2.90. The van der Waals surface area contributed by atoms with E-state index in [0.717, 1.165) is 52.1 Å². The molecule has 172 valence electrons. The average molecular weight is 463 g/mol. The lowest BCUT2D eigenvalue weighted by atomic mass is 9.99. The predicted octanol–water partition coefficient (Wildman–Crippen LogP) is 6.11. The second kappa shape index (κ2) is 9.51. The Hall–Kier alpha value is -2.93. The minimum Gasteiger partial charge on any atom is -0.447 e. The van der Waals surface area contributed by atoms with Crippen LogP contribution in [0.5, 0.6) is 5.88 Å². The number of amides is 1. The fraction of sp³-hybridized carbons (Fsp3) is 0.385. The summed E-state index contributed by atoms with van der Waals surface area (Å²) < 4.78 is 6.51. The van der Waals surface area contributed by atoms with Crippen LogP contribution in [0, 0.1) is 27.7 Å². The molecule has 0 spiro atoms. The smallest absolute Gasteiger partial charge is 0.247 e. The molecular formula is C26H30N4O2S. The zero-order valence-electron chi connectivity index (χ0n) is 20.1. The first-order valence-corrected chi connectivity index (χ1v) is 12.3. The van der Waals surface area contributed by atoms with Crippen LogP contribution in [-0.4, -0.2) is 26.8 Å². The lowest BCUT2D eigenvalue weighted by molar-refractivity contribution is -0.118. The van der Waals surface area contributed by atoms with Gasteiger partial charge in [-0.05, 0) is 56.9 Å². The van der Waals surface area contributed by atoms with Gasteiger partial charge in [0.25, 0.3) is 0 Å². The quantitative estimate of drug-likeness (QED) is 0.337. The highest BCUT2D eigenvalue weighted by Gasteiger charge is 2.36. The number of aromatic nitrogens is 3. The minimum absolute atomic E-state index is 0.107. The van der Waals surface area contributed by atoms with E-state index in [1.807, 2.05) is 26.0 Å². The van der Waals surface area contributed by atoms with Crippen LogP contribution >= 0.6 is 11.8 Å². The van der Waals surface area contributed by atoms with Crippen molar-refractivity contribution in [3.8, 4) is 17.1 Å². The van der Waals surface area contributed by atoms with Gasteiger partial charge in [-0.15, -0.1) is 10.2 Å². The topological polar surface area (TPSA) is 68.2 Å². The number of rotatable bonds is 5. The summed E-state index contributed by atoms with van der Waals surface area (Å²) in [6.07, 6.45) is 1.53. The van der Waals surface area contributed by atoms with Gasteiger partial charge >= 0.3 is 0 Å². The molecule has 1 amide bonds. The maximum Gasteiger partial charge on any atom is 0.247 e. The van der Waals surface area contributed by atoms with Crippen LogP contribution in [0.25, 0.3) is 11.3 Å². The first-order valence-electron chi connectivity index (χ1n) is 11.3. The summed E-state index contributed by atoms with van der Waals surface area (Å²) in [5.74, 6) is 1.22. The molecule has 0 fully saturated rings. The number of hydrogen-bond acceptors (Lipinski definition) is 6. The zero-order chi connectivity index (χ0) is 23.7. The van der Waals surface area contributed by atoms with E-state index in [4.69, 9.17) is 9.72 Å². The van der Waals surface area contributed by atoms with Crippen LogP contribution in [0.3, 0.4) is 0 Å². The van der Waals surface area contributed by atoms with Gasteiger partial charge in [0, 0.05) is 23.8 Å². The molecule has 0 N–H and O–H groups in total. The molecule has 7 heteroatoms. The van der Waals surface area contributed by atoms with Crippen molar-refractivity contribution in [3.63, 3.8) is 0 Å². The highest BCUT2D eigenvalue weighted by atomic mass is 32.2. The van der Waals surface area contributed by atoms with E-state index < -0.39 is 6.23 Å². The van der Waals surface area contributed by atoms with Gasteiger partial charge in [-0.3, -0.25) is 9.69 Å². The number of carbonyl (C=O) groups excluding carboxylic acids is 1. The summed E-state index contributed by atoms with van der Waals surface area (Å²) in [6.45, 7) is 11.9. The third-order valence-electron chi connectivity index (χ3n) is 5.92. The normalized spacial score (nSPS) is 14.8. The highest BCUT2D eigenvalue weighted by Crippen LogP contribution is 2.45. The summed E-state index contributed by atoms with van der Waals surface area (Å²) in [5.41, 5.74) is 7.45. The second-order valence-electron chi connectivity index (χ2n) is 8.63. The Morgan fingerprint density at radius 3 is 2.55 bits per heavy atom. The molecule has 0 aliphatic carbocycles. The third kappa shape index (κ3) is 4.60. The van der Waals surface area contributed by atoms with Gasteiger partial charge < -0.3 is 4.74 Å². The van der Waals surface area contributed by atoms with Crippen molar-refractivity contribution < 1.29 is 9.53 Å². The van der Waals surface area contributed by atoms with Crippen LogP contribution in [-0.2, 0) is 4.79 Å². The fourth-order valence-electron chi connectivity index (χ4n) is 4.11. The number of ether oxygens (including phenoxy) is 1. The Morgan fingerprint density at radius 2 is 1.85 bits per heavy atom. The molecule has 4 rings (SSSR count). The summed E-state index contributed by atoms with van der Waals surface area (Å²) in [6, 6.07) is 10.3. The maximum absolute atomic E-state index is 13.1. The van der Waals surface area contributed by atoms with E-state index in [9.17, 15) is 4.79 Å². The molecule has 2 heterocycles. The summed E-state index contributed by atoms with van der Waals surface area (Å²) in [5, 5.41) is 9.50. The Bertz CT molecular complexity index is 1210. The van der Waals surface area contributed by atoms with E-state index in [1.54, 1.807) is 23.6 Å². The van der Waals surface area contributed by atoms with Crippen LogP contribution in [0.1, 0.15) is 60.7 Å². The molecule has 1 aromatic heterocycles. The largest absolute Gasteiger partial charge is 0.447 e. The van der Waals surface area contributed by atoms with Crippen molar-refractivity contribution in [2.75, 3.05) is 10.7 Å². The highest BCUT2D eigenvalue weighted by molar-refractivity contribution is 7.99. The van der Waals surface area contributed by atoms with Gasteiger partial charge in [-0.25, -0.2) is 0 Å². The van der Waals surface area contributed by atoms with Crippen molar-refractivity contribution in [2.45, 2.75) is 65.8 Å². The number of thioether (sulfide) groups is 1. The van der Waals surface area contributed by atoms with Gasteiger partial charge in [-0.2, -0.15) is 4.98 Å². The number of nitrogens with zero attached hydrogens (tertiary/aromatic N) is 4. The second-order valence-corrected chi connectivity index (χ2v) is 9.69. The summed E-state index contributed by atoms with van der Waals surface area (Å²) in [7, 11) is 0. The standard InChI is InChI=1S/C26H30N4O2S/c1-7-8-11-33-26-27-24-22(28-29-26)21-13-15(2)12-18(5)23(21)30(19(6)31)25(32-24)20-10-9-16(3)17(4)14-20/h9-10,12-14,25H,7-8,11H2,1-6H3. The SMILES string of the molecule is CCCCSc1nnc2c(n1)OC(c1ccc(C)c(C)c1)N(C(C)=O)c1c(C)cc(C)cc1-2. The van der Waals surface area contributed by atoms with Crippen LogP contribution in [0.2, 0.25) is 0 Å². The van der Waals surface area contributed by atoms with Gasteiger partial charge in [0.2, 0.25) is 23.2 Å². The first kappa shape index (κ1) is 23.2. The molecule has 1 unspecified atom stereocenters. The lowest BCUT2D eigenvalue weighted by Crippen LogP contribution is -2.36. The predicted molar refractivity (Wildman–Crippen MR) is 133 cm³/mol. The van der Waals surface area contributed by atoms with Crippen molar-refractivity contribution in [1.29, 1.82) is 0 Å². The Balaban J connectivity index is 1.93. The summed E-state index contributed by atoms with van der Waals surface area (Å²) >= 11 is 1.58. The summed E-state index contributed by atoms with van der Waals surface area (Å²) in [4.78, 5) is 19.5. The van der Waals surface area contributed by atoms with Gasteiger partial charge in [0.05, 0.1) is 5.69 Å². The number of benzene rings is 2. The lowest BCUT2D eigenvalue weighted by Gasteiger charge is -2.31. The maximum atomic E-state index is 13.1. The number of anilines is 1. The van der Waals surface area contributed by atoms with E-state index >= 15 is 0 Å². The van der Waals surface area contributed by atoms with Crippen LogP contribution < -0.4 is 9.64 Å². The van der Waals surface area contributed by atoms with Gasteiger partial charge in [0.1, 0.15) is 0 Å². The first-order chi connectivity index (χ1) is 15.8. The number of hydrogen-bond donors (Lipinski definition) is 0. The van der Waals surface area contributed by atoms with E-state index in [2.05, 4.69) is 49.2 Å². The zero-order valence-corrected chi connectivity index (χ0v) is 20.9. The molecule has 0 bridgehead atoms. The minimum atomic E-state index is -0.659. The molecule has 33 heavy (non-hydrogen) atoms. The van der Waals surface area contributed by atoms with Crippen molar-refractivity contribution >= 4 is 23.4 Å². The number of unbranched alkanes of at least 4 members (excludes halogenated alkanes) is 1. The molecule has 6 nitrogen and oxygen atoms in total. The molecule has 1 aliphatic heterocycles. The monoisotopic (exact) mass is 462 g/mol. The molecule has 0 saturated carbocycles. The van der Waals surface area contributed by atoms with Crippen molar-refractivity contribution in [2.24, 2.45) is 0 Å². The fourth-order valence-corrected chi connectivity index (χ4v) is 4.97. The Kier molecular flexibility index (Phi) is 6.70. The van der Waals surface area contributed by atoms with Crippen molar-refractivity contribution in [3.05, 3.63) is 58.1 Å². The van der Waals surface area contributed by atoms with E-state index in [-0.39, 0.29) is 5.91 Å². The van der Waals surface area contributed by atoms with Crippen molar-refractivity contribution in [1.82, 2.24) is 15.2 Å². The molecule has 0 saturated heterocycles. The number of fused-ring (bicyclic) bond motifs is 3. The molecular weight excluding hydrogens is 432 g/mol. The number of carbonyl (C=O) groups is 1. The van der Waals surface area contributed by atoms with Gasteiger partial charge in [0.15, 0.2) is 5.69 Å². The third-order valence-corrected chi connectivity index (χ3v) is 6.84. The van der Waals surface area contributed by atoms with Crippen LogP contribution in [0.15, 0.2) is 35.5 Å².